The zero-order valence-electron chi connectivity index (χ0n) is 18.5. The molecule has 1 aliphatic heterocycles. The van der Waals surface area contributed by atoms with Crippen molar-refractivity contribution in [3.8, 4) is 5.75 Å². The Morgan fingerprint density at radius 3 is 2.80 bits per heavy atom. The molecule has 1 amide bonds. The van der Waals surface area contributed by atoms with Gasteiger partial charge in [-0.1, -0.05) is 12.1 Å². The average Bonchev–Trinajstić information content (AvgIpc) is 2.75. The van der Waals surface area contributed by atoms with E-state index in [0.717, 1.165) is 37.5 Å². The Kier molecular flexibility index (Phi) is 9.44. The lowest BCUT2D eigenvalue weighted by Crippen LogP contribution is -2.48. The molecule has 1 heterocycles. The SMILES string of the molecule is CCNC(=NCc1cccc(OCC(=O)N(C)C)c1)N1CCCC(C(=O)OCC)C1. The summed E-state index contributed by atoms with van der Waals surface area (Å²) >= 11 is 0. The van der Waals surface area contributed by atoms with Gasteiger partial charge in [0.25, 0.3) is 5.91 Å². The number of likely N-dealkylation sites (N-methyl/N-ethyl adjacent to an activating group) is 1. The number of guanidine groups is 1. The molecule has 1 atom stereocenters. The van der Waals surface area contributed by atoms with Gasteiger partial charge in [-0.2, -0.15) is 0 Å². The van der Waals surface area contributed by atoms with E-state index in [9.17, 15) is 9.59 Å². The molecule has 1 aromatic rings. The van der Waals surface area contributed by atoms with E-state index < -0.39 is 0 Å². The predicted octanol–water partition coefficient (Wildman–Crippen LogP) is 1.89. The minimum Gasteiger partial charge on any atom is -0.484 e. The highest BCUT2D eigenvalue weighted by atomic mass is 16.5. The summed E-state index contributed by atoms with van der Waals surface area (Å²) in [7, 11) is 3.40. The molecule has 166 valence electrons. The van der Waals surface area contributed by atoms with Crippen LogP contribution in [0.15, 0.2) is 29.3 Å². The van der Waals surface area contributed by atoms with Crippen molar-refractivity contribution < 1.29 is 19.1 Å². The van der Waals surface area contributed by atoms with Crippen LogP contribution < -0.4 is 10.1 Å². The zero-order chi connectivity index (χ0) is 21.9. The lowest BCUT2D eigenvalue weighted by molar-refractivity contribution is -0.149. The molecule has 2 rings (SSSR count). The maximum atomic E-state index is 12.1. The summed E-state index contributed by atoms with van der Waals surface area (Å²) in [6, 6.07) is 7.60. The van der Waals surface area contributed by atoms with Crippen molar-refractivity contribution in [2.45, 2.75) is 33.2 Å². The number of piperidine rings is 1. The van der Waals surface area contributed by atoms with E-state index in [0.29, 0.717) is 25.4 Å². The van der Waals surface area contributed by atoms with Gasteiger partial charge >= 0.3 is 5.97 Å². The minimum absolute atomic E-state index is 0.00534. The highest BCUT2D eigenvalue weighted by Crippen LogP contribution is 2.19. The van der Waals surface area contributed by atoms with Crippen LogP contribution in [0.25, 0.3) is 0 Å². The second-order valence-electron chi connectivity index (χ2n) is 7.43. The molecule has 1 N–H and O–H groups in total. The maximum Gasteiger partial charge on any atom is 0.310 e. The van der Waals surface area contributed by atoms with Crippen molar-refractivity contribution in [3.63, 3.8) is 0 Å². The van der Waals surface area contributed by atoms with Crippen molar-refractivity contribution in [3.05, 3.63) is 29.8 Å². The molecule has 0 bridgehead atoms. The largest absolute Gasteiger partial charge is 0.484 e. The minimum atomic E-state index is -0.129. The summed E-state index contributed by atoms with van der Waals surface area (Å²) in [6.45, 7) is 6.96. The number of ether oxygens (including phenoxy) is 2. The summed E-state index contributed by atoms with van der Waals surface area (Å²) < 4.78 is 10.8. The first kappa shape index (κ1) is 23.5. The second kappa shape index (κ2) is 12.0. The van der Waals surface area contributed by atoms with Gasteiger partial charge in [-0.3, -0.25) is 9.59 Å². The number of aliphatic imine (C=N–C) groups is 1. The number of amides is 1. The van der Waals surface area contributed by atoms with E-state index in [1.165, 1.54) is 4.90 Å². The zero-order valence-corrected chi connectivity index (χ0v) is 18.5. The number of hydrogen-bond acceptors (Lipinski definition) is 5. The Hall–Kier alpha value is -2.77. The first-order valence-corrected chi connectivity index (χ1v) is 10.6. The van der Waals surface area contributed by atoms with E-state index in [2.05, 4.69) is 10.2 Å². The monoisotopic (exact) mass is 418 g/mol. The highest BCUT2D eigenvalue weighted by molar-refractivity contribution is 5.81. The van der Waals surface area contributed by atoms with Crippen molar-refractivity contribution in [1.82, 2.24) is 15.1 Å². The Morgan fingerprint density at radius 1 is 1.30 bits per heavy atom. The van der Waals surface area contributed by atoms with Crippen LogP contribution in [-0.4, -0.2) is 74.6 Å². The van der Waals surface area contributed by atoms with Gasteiger partial charge in [-0.15, -0.1) is 0 Å². The van der Waals surface area contributed by atoms with Gasteiger partial charge in [-0.25, -0.2) is 4.99 Å². The molecule has 1 aromatic carbocycles. The second-order valence-corrected chi connectivity index (χ2v) is 7.43. The van der Waals surface area contributed by atoms with Crippen LogP contribution in [0.3, 0.4) is 0 Å². The van der Waals surface area contributed by atoms with Crippen molar-refractivity contribution in [1.29, 1.82) is 0 Å². The normalized spacial score (nSPS) is 16.7. The third-order valence-electron chi connectivity index (χ3n) is 4.85. The molecule has 8 heteroatoms. The fourth-order valence-electron chi connectivity index (χ4n) is 3.22. The molecule has 0 aliphatic carbocycles. The Labute approximate surface area is 179 Å². The molecule has 0 aromatic heterocycles. The first-order chi connectivity index (χ1) is 14.4. The fourth-order valence-corrected chi connectivity index (χ4v) is 3.22. The number of hydrogen-bond donors (Lipinski definition) is 1. The summed E-state index contributed by atoms with van der Waals surface area (Å²) in [6.07, 6.45) is 1.77. The predicted molar refractivity (Wildman–Crippen MR) is 116 cm³/mol. The summed E-state index contributed by atoms with van der Waals surface area (Å²) in [4.78, 5) is 32.2. The number of likely N-dealkylation sites (tertiary alicyclic amines) is 1. The molecule has 0 saturated carbocycles. The van der Waals surface area contributed by atoms with Crippen LogP contribution >= 0.6 is 0 Å². The molecular weight excluding hydrogens is 384 g/mol. The Morgan fingerprint density at radius 2 is 2.10 bits per heavy atom. The number of carbonyl (C=O) groups excluding carboxylic acids is 2. The van der Waals surface area contributed by atoms with Crippen LogP contribution in [0.1, 0.15) is 32.3 Å². The van der Waals surface area contributed by atoms with Crippen LogP contribution in [0.4, 0.5) is 0 Å². The van der Waals surface area contributed by atoms with Crippen molar-refractivity contribution in [2.75, 3.05) is 46.9 Å². The molecule has 1 saturated heterocycles. The number of nitrogens with one attached hydrogen (secondary N) is 1. The van der Waals surface area contributed by atoms with Gasteiger partial charge in [0.15, 0.2) is 12.6 Å². The average molecular weight is 419 g/mol. The lowest BCUT2D eigenvalue weighted by atomic mass is 9.98. The smallest absolute Gasteiger partial charge is 0.310 e. The number of nitrogens with zero attached hydrogens (tertiary/aromatic N) is 3. The van der Waals surface area contributed by atoms with Gasteiger partial charge in [0, 0.05) is 33.7 Å². The topological polar surface area (TPSA) is 83.5 Å². The summed E-state index contributed by atoms with van der Waals surface area (Å²) in [5.74, 6) is 1.10. The van der Waals surface area contributed by atoms with Crippen molar-refractivity contribution in [2.24, 2.45) is 10.9 Å². The number of carbonyl (C=O) groups is 2. The fraction of sp³-hybridized carbons (Fsp3) is 0.591. The van der Waals surface area contributed by atoms with Crippen LogP contribution in [0, 0.1) is 5.92 Å². The summed E-state index contributed by atoms with van der Waals surface area (Å²) in [5.41, 5.74) is 0.985. The van der Waals surface area contributed by atoms with Gasteiger partial charge < -0.3 is 24.6 Å². The first-order valence-electron chi connectivity index (χ1n) is 10.6. The standard InChI is InChI=1S/C22H34N4O4/c1-5-23-22(26-12-8-10-18(15-26)21(28)29-6-2)24-14-17-9-7-11-19(13-17)30-16-20(27)25(3)4/h7,9,11,13,18H,5-6,8,10,12,14-16H2,1-4H3,(H,23,24). The molecule has 0 radical (unpaired) electrons. The third-order valence-corrected chi connectivity index (χ3v) is 4.85. The van der Waals surface area contributed by atoms with Gasteiger partial charge in [0.05, 0.1) is 19.1 Å². The van der Waals surface area contributed by atoms with Crippen LogP contribution in [0.5, 0.6) is 5.75 Å². The quantitative estimate of drug-likeness (QED) is 0.394. The molecule has 30 heavy (non-hydrogen) atoms. The van der Waals surface area contributed by atoms with Crippen LogP contribution in [-0.2, 0) is 20.9 Å². The molecule has 0 spiro atoms. The number of benzene rings is 1. The Bertz CT molecular complexity index is 736. The Balaban J connectivity index is 2.02. The summed E-state index contributed by atoms with van der Waals surface area (Å²) in [5, 5.41) is 3.32. The van der Waals surface area contributed by atoms with Gasteiger partial charge in [0.2, 0.25) is 0 Å². The van der Waals surface area contributed by atoms with Gasteiger partial charge in [0.1, 0.15) is 5.75 Å². The molecule has 8 nitrogen and oxygen atoms in total. The molecule has 1 aliphatic rings. The lowest BCUT2D eigenvalue weighted by Gasteiger charge is -2.34. The third kappa shape index (κ3) is 7.24. The maximum absolute atomic E-state index is 12.1. The highest BCUT2D eigenvalue weighted by Gasteiger charge is 2.28. The molecule has 1 fully saturated rings. The van der Waals surface area contributed by atoms with E-state index in [-0.39, 0.29) is 24.4 Å². The van der Waals surface area contributed by atoms with E-state index in [1.807, 2.05) is 38.1 Å². The molecule has 1 unspecified atom stereocenters. The van der Waals surface area contributed by atoms with E-state index in [4.69, 9.17) is 14.5 Å². The van der Waals surface area contributed by atoms with E-state index >= 15 is 0 Å². The number of rotatable bonds is 8. The van der Waals surface area contributed by atoms with E-state index in [1.54, 1.807) is 14.1 Å². The molecular formula is C22H34N4O4. The van der Waals surface area contributed by atoms with Crippen LogP contribution in [0.2, 0.25) is 0 Å². The van der Waals surface area contributed by atoms with Gasteiger partial charge in [-0.05, 0) is 44.4 Å². The number of esters is 1. The van der Waals surface area contributed by atoms with Crippen molar-refractivity contribution >= 4 is 17.8 Å².